The molecule has 0 aliphatic heterocycles. The lowest BCUT2D eigenvalue weighted by molar-refractivity contribution is 0.0507. The van der Waals surface area contributed by atoms with Gasteiger partial charge < -0.3 is 4.74 Å². The predicted octanol–water partition coefficient (Wildman–Crippen LogP) is 2.21. The Morgan fingerprint density at radius 2 is 2.29 bits per heavy atom. The zero-order valence-electron chi connectivity index (χ0n) is 8.71. The van der Waals surface area contributed by atoms with E-state index >= 15 is 0 Å². The molecule has 0 radical (unpaired) electrons. The molecule has 17 heavy (non-hydrogen) atoms. The van der Waals surface area contributed by atoms with Crippen molar-refractivity contribution in [2.45, 2.75) is 13.3 Å². The summed E-state index contributed by atoms with van der Waals surface area (Å²) >= 11 is 0. The molecular weight excluding hydrogens is 237 g/mol. The number of alkyl halides is 2. The van der Waals surface area contributed by atoms with E-state index in [4.69, 9.17) is 5.26 Å². The normalized spacial score (nSPS) is 10.1. The Bertz CT molecular complexity index is 483. The highest BCUT2D eigenvalue weighted by Gasteiger charge is 2.26. The van der Waals surface area contributed by atoms with Crippen molar-refractivity contribution < 1.29 is 22.7 Å². The molecule has 0 bridgehead atoms. The Hall–Kier alpha value is -2.10. The average Bonchev–Trinajstić information content (AvgIpc) is 2.27. The molecule has 4 nitrogen and oxygen atoms in total. The zero-order chi connectivity index (χ0) is 13.0. The molecule has 0 aromatic carbocycles. The van der Waals surface area contributed by atoms with E-state index in [1.807, 2.05) is 0 Å². The third-order valence-corrected chi connectivity index (χ3v) is 1.80. The summed E-state index contributed by atoms with van der Waals surface area (Å²) in [5.41, 5.74) is -2.54. The molecule has 0 atom stereocenters. The van der Waals surface area contributed by atoms with Crippen molar-refractivity contribution in [3.63, 3.8) is 0 Å². The highest BCUT2D eigenvalue weighted by atomic mass is 19.3. The fourth-order valence-electron chi connectivity index (χ4n) is 1.15. The van der Waals surface area contributed by atoms with Crippen LogP contribution in [0, 0.1) is 17.1 Å². The highest BCUT2D eigenvalue weighted by molar-refractivity contribution is 5.91. The summed E-state index contributed by atoms with van der Waals surface area (Å²) in [7, 11) is 0. The second-order valence-corrected chi connectivity index (χ2v) is 2.88. The van der Waals surface area contributed by atoms with Crippen molar-refractivity contribution in [1.82, 2.24) is 4.98 Å². The summed E-state index contributed by atoms with van der Waals surface area (Å²) in [5, 5.41) is 8.46. The number of hydrogen-bond donors (Lipinski definition) is 0. The monoisotopic (exact) mass is 244 g/mol. The van der Waals surface area contributed by atoms with Crippen LogP contribution in [0.4, 0.5) is 13.2 Å². The van der Waals surface area contributed by atoms with Gasteiger partial charge in [0.15, 0.2) is 0 Å². The molecule has 0 fully saturated rings. The van der Waals surface area contributed by atoms with E-state index in [1.165, 1.54) is 13.0 Å². The second-order valence-electron chi connectivity index (χ2n) is 2.88. The minimum atomic E-state index is -3.17. The molecule has 0 saturated heterocycles. The van der Waals surface area contributed by atoms with Crippen LogP contribution in [0.5, 0.6) is 0 Å². The van der Waals surface area contributed by atoms with Crippen molar-refractivity contribution in [2.24, 2.45) is 0 Å². The number of hydrogen-bond acceptors (Lipinski definition) is 4. The third-order valence-electron chi connectivity index (χ3n) is 1.80. The fourth-order valence-corrected chi connectivity index (χ4v) is 1.15. The highest BCUT2D eigenvalue weighted by Crippen LogP contribution is 2.24. The van der Waals surface area contributed by atoms with Crippen molar-refractivity contribution in [1.29, 1.82) is 5.26 Å². The predicted molar refractivity (Wildman–Crippen MR) is 49.8 cm³/mol. The molecule has 1 heterocycles. The van der Waals surface area contributed by atoms with Gasteiger partial charge in [0, 0.05) is 6.07 Å². The number of aromatic nitrogens is 1. The Balaban J connectivity index is 3.37. The van der Waals surface area contributed by atoms with Crippen molar-refractivity contribution >= 4 is 5.97 Å². The average molecular weight is 244 g/mol. The Labute approximate surface area is 94.6 Å². The van der Waals surface area contributed by atoms with Crippen molar-refractivity contribution in [3.8, 4) is 6.07 Å². The quantitative estimate of drug-likeness (QED) is 0.764. The van der Waals surface area contributed by atoms with Crippen LogP contribution >= 0.6 is 0 Å². The number of halogens is 3. The third kappa shape index (κ3) is 2.72. The van der Waals surface area contributed by atoms with E-state index in [1.54, 1.807) is 0 Å². The molecule has 0 N–H and O–H groups in total. The molecule has 0 amide bonds. The Kier molecular flexibility index (Phi) is 4.04. The molecule has 7 heteroatoms. The smallest absolute Gasteiger partial charge is 0.343 e. The summed E-state index contributed by atoms with van der Waals surface area (Å²) < 4.78 is 43.0. The maximum absolute atomic E-state index is 13.4. The number of nitriles is 1. The van der Waals surface area contributed by atoms with Crippen molar-refractivity contribution in [3.05, 3.63) is 28.8 Å². The second kappa shape index (κ2) is 5.30. The van der Waals surface area contributed by atoms with Crippen LogP contribution in [-0.4, -0.2) is 17.6 Å². The molecule has 0 saturated carbocycles. The first-order chi connectivity index (χ1) is 8.01. The molecule has 90 valence electrons. The molecule has 0 spiro atoms. The van der Waals surface area contributed by atoms with Gasteiger partial charge in [0.2, 0.25) is 0 Å². The molecular formula is C10H7F3N2O2. The van der Waals surface area contributed by atoms with Gasteiger partial charge in [-0.25, -0.2) is 22.9 Å². The van der Waals surface area contributed by atoms with Crippen LogP contribution in [0.25, 0.3) is 0 Å². The molecule has 0 aliphatic carbocycles. The number of rotatable bonds is 3. The fraction of sp³-hybridized carbons (Fsp3) is 0.300. The van der Waals surface area contributed by atoms with E-state index in [2.05, 4.69) is 9.72 Å². The lowest BCUT2D eigenvalue weighted by Gasteiger charge is -2.08. The lowest BCUT2D eigenvalue weighted by Crippen LogP contribution is -2.13. The number of carbonyl (C=O) groups excluding carboxylic acids is 1. The van der Waals surface area contributed by atoms with Crippen LogP contribution in [-0.2, 0) is 4.74 Å². The van der Waals surface area contributed by atoms with E-state index in [0.717, 1.165) is 0 Å². The summed E-state index contributed by atoms with van der Waals surface area (Å²) in [5.74, 6) is -2.47. The van der Waals surface area contributed by atoms with Gasteiger partial charge in [0.25, 0.3) is 6.43 Å². The van der Waals surface area contributed by atoms with Gasteiger partial charge in [0.1, 0.15) is 28.8 Å². The van der Waals surface area contributed by atoms with Gasteiger partial charge in [-0.1, -0.05) is 0 Å². The van der Waals surface area contributed by atoms with Gasteiger partial charge in [0.05, 0.1) is 6.61 Å². The van der Waals surface area contributed by atoms with Crippen LogP contribution in [0.15, 0.2) is 6.07 Å². The minimum absolute atomic E-state index is 0.0824. The largest absolute Gasteiger partial charge is 0.462 e. The number of pyridine rings is 1. The molecule has 1 aromatic rings. The summed E-state index contributed by atoms with van der Waals surface area (Å²) in [6, 6.07) is 2.03. The molecule has 1 aromatic heterocycles. The summed E-state index contributed by atoms with van der Waals surface area (Å²) in [6.45, 7) is 1.37. The number of esters is 1. The van der Waals surface area contributed by atoms with E-state index in [0.29, 0.717) is 6.07 Å². The summed E-state index contributed by atoms with van der Waals surface area (Å²) in [6.07, 6.45) is -3.17. The first kappa shape index (κ1) is 13.0. The van der Waals surface area contributed by atoms with Crippen LogP contribution in [0.2, 0.25) is 0 Å². The Morgan fingerprint density at radius 1 is 1.65 bits per heavy atom. The first-order valence-corrected chi connectivity index (χ1v) is 4.57. The zero-order valence-corrected chi connectivity index (χ0v) is 8.71. The molecule has 0 unspecified atom stereocenters. The number of ether oxygens (including phenoxy) is 1. The Morgan fingerprint density at radius 3 is 2.76 bits per heavy atom. The van der Waals surface area contributed by atoms with E-state index in [9.17, 15) is 18.0 Å². The van der Waals surface area contributed by atoms with Crippen LogP contribution in [0.1, 0.15) is 35.1 Å². The first-order valence-electron chi connectivity index (χ1n) is 4.57. The van der Waals surface area contributed by atoms with Crippen LogP contribution < -0.4 is 0 Å². The van der Waals surface area contributed by atoms with E-state index < -0.39 is 35.2 Å². The standard InChI is InChI=1S/C10H7F3N2O2/c1-2-17-10(16)7-6(11)3-5(4-14)15-8(7)9(12)13/h3,9H,2H2,1H3. The molecule has 1 rings (SSSR count). The van der Waals surface area contributed by atoms with Gasteiger partial charge in [-0.2, -0.15) is 5.26 Å². The number of carbonyl (C=O) groups is 1. The number of nitrogens with zero attached hydrogens (tertiary/aromatic N) is 2. The SMILES string of the molecule is CCOC(=O)c1c(F)cc(C#N)nc1C(F)F. The topological polar surface area (TPSA) is 63.0 Å². The minimum Gasteiger partial charge on any atom is -0.462 e. The maximum atomic E-state index is 13.4. The van der Waals surface area contributed by atoms with Gasteiger partial charge in [-0.15, -0.1) is 0 Å². The van der Waals surface area contributed by atoms with E-state index in [-0.39, 0.29) is 6.61 Å². The lowest BCUT2D eigenvalue weighted by atomic mass is 10.1. The summed E-state index contributed by atoms with van der Waals surface area (Å²) in [4.78, 5) is 14.5. The maximum Gasteiger partial charge on any atom is 0.343 e. The van der Waals surface area contributed by atoms with Gasteiger partial charge in [-0.3, -0.25) is 0 Å². The van der Waals surface area contributed by atoms with Crippen LogP contribution in [0.3, 0.4) is 0 Å². The van der Waals surface area contributed by atoms with Gasteiger partial charge in [-0.05, 0) is 6.92 Å². The van der Waals surface area contributed by atoms with Crippen molar-refractivity contribution in [2.75, 3.05) is 6.61 Å². The molecule has 0 aliphatic rings. The van der Waals surface area contributed by atoms with Gasteiger partial charge >= 0.3 is 5.97 Å².